The van der Waals surface area contributed by atoms with Gasteiger partial charge in [-0.1, -0.05) is 48.5 Å². The van der Waals surface area contributed by atoms with Gasteiger partial charge in [-0.3, -0.25) is 9.80 Å². The Morgan fingerprint density at radius 2 is 0.643 bits per heavy atom. The number of hydrogen-bond donors (Lipinski definition) is 0. The van der Waals surface area contributed by atoms with Crippen LogP contribution in [-0.4, -0.2) is 0 Å². The Hall–Kier alpha value is -4.20. The van der Waals surface area contributed by atoms with Crippen molar-refractivity contribution in [2.75, 3.05) is 9.80 Å². The Morgan fingerprint density at radius 3 is 0.976 bits per heavy atom. The maximum absolute atomic E-state index is 2.41. The zero-order chi connectivity index (χ0) is 27.6. The van der Waals surface area contributed by atoms with Crippen LogP contribution in [0.25, 0.3) is 43.1 Å². The van der Waals surface area contributed by atoms with Crippen molar-refractivity contribution in [3.8, 4) is 0 Å². The van der Waals surface area contributed by atoms with E-state index in [0.29, 0.717) is 0 Å². The Bertz CT molecular complexity index is 2040. The minimum Gasteiger partial charge on any atom is -0.292 e. The summed E-state index contributed by atoms with van der Waals surface area (Å²) in [6, 6.07) is 40.4. The monoisotopic (exact) mass is 610 g/mol. The van der Waals surface area contributed by atoms with E-state index in [1.807, 2.05) is 0 Å². The van der Waals surface area contributed by atoms with E-state index >= 15 is 0 Å². The van der Waals surface area contributed by atoms with Gasteiger partial charge in [0.1, 0.15) is 20.0 Å². The topological polar surface area (TPSA) is 6.48 Å². The first-order chi connectivity index (χ1) is 20.9. The SMILES string of the molecule is c1csc(N(c2cccs2)c2ccc3c4ccc(N(c5cccs5)c5cccs5)c5cccc(c6cccc2c63)c54)c1. The lowest BCUT2D eigenvalue weighted by Crippen LogP contribution is -2.08. The van der Waals surface area contributed by atoms with Gasteiger partial charge in [-0.05, 0) is 115 Å². The number of nitrogens with zero attached hydrogens (tertiary/aromatic N) is 2. The van der Waals surface area contributed by atoms with E-state index in [2.05, 4.69) is 141 Å². The summed E-state index contributed by atoms with van der Waals surface area (Å²) in [6.07, 6.45) is 0. The molecular formula is C36H22N2S4. The molecule has 0 fully saturated rings. The summed E-state index contributed by atoms with van der Waals surface area (Å²) in [6.45, 7) is 0. The van der Waals surface area contributed by atoms with Crippen molar-refractivity contribution in [1.29, 1.82) is 0 Å². The molecule has 0 unspecified atom stereocenters. The number of benzene rings is 5. The smallest absolute Gasteiger partial charge is 0.101 e. The first kappa shape index (κ1) is 24.4. The lowest BCUT2D eigenvalue weighted by Gasteiger charge is -2.26. The molecule has 0 saturated heterocycles. The van der Waals surface area contributed by atoms with Crippen molar-refractivity contribution in [3.63, 3.8) is 0 Å². The van der Waals surface area contributed by atoms with Crippen molar-refractivity contribution in [2.24, 2.45) is 0 Å². The first-order valence-corrected chi connectivity index (χ1v) is 17.3. The van der Waals surface area contributed by atoms with E-state index in [4.69, 9.17) is 0 Å². The second kappa shape index (κ2) is 9.68. The molecule has 0 bridgehead atoms. The fourth-order valence-electron chi connectivity index (χ4n) is 6.35. The summed E-state index contributed by atoms with van der Waals surface area (Å²) < 4.78 is 0. The standard InChI is InChI=1S/C36H22N2S4/c1-7-23-24-8-2-10-28-30(38(33-13-5-21-41-33)34-14-6-22-42-34)18-16-26(36(24)28)25-15-17-29(27(9-1)35(23)25)37(31-11-3-19-39-31)32-12-4-20-40-32/h1-22H. The molecule has 0 aliphatic carbocycles. The molecule has 42 heavy (non-hydrogen) atoms. The van der Waals surface area contributed by atoms with Crippen LogP contribution < -0.4 is 9.80 Å². The highest BCUT2D eigenvalue weighted by Gasteiger charge is 2.23. The quantitative estimate of drug-likeness (QED) is 0.136. The maximum Gasteiger partial charge on any atom is 0.101 e. The minimum absolute atomic E-state index is 1.22. The Kier molecular flexibility index (Phi) is 5.62. The van der Waals surface area contributed by atoms with Gasteiger partial charge in [0.05, 0.1) is 11.4 Å². The predicted octanol–water partition coefficient (Wildman–Crippen LogP) is 12.9. The summed E-state index contributed by atoms with van der Waals surface area (Å²) in [7, 11) is 0. The second-order valence-electron chi connectivity index (χ2n) is 10.2. The van der Waals surface area contributed by atoms with Gasteiger partial charge < -0.3 is 0 Å². The third-order valence-corrected chi connectivity index (χ3v) is 11.4. The van der Waals surface area contributed by atoms with E-state index in [-0.39, 0.29) is 0 Å². The largest absolute Gasteiger partial charge is 0.292 e. The molecule has 0 aliphatic rings. The molecule has 4 aromatic heterocycles. The third-order valence-electron chi connectivity index (χ3n) is 8.00. The van der Waals surface area contributed by atoms with Crippen LogP contribution in [0, 0.1) is 0 Å². The molecule has 0 spiro atoms. The van der Waals surface area contributed by atoms with Crippen molar-refractivity contribution in [3.05, 3.63) is 131 Å². The lowest BCUT2D eigenvalue weighted by molar-refractivity contribution is 1.38. The average molecular weight is 611 g/mol. The van der Waals surface area contributed by atoms with Gasteiger partial charge in [-0.2, -0.15) is 0 Å². The molecule has 4 heterocycles. The normalized spacial score (nSPS) is 11.8. The number of fused-ring (bicyclic) bond motifs is 2. The average Bonchev–Trinajstić information content (AvgIpc) is 3.87. The molecule has 200 valence electrons. The highest BCUT2D eigenvalue weighted by molar-refractivity contribution is 7.17. The van der Waals surface area contributed by atoms with Gasteiger partial charge in [0.15, 0.2) is 0 Å². The third kappa shape index (κ3) is 3.60. The van der Waals surface area contributed by atoms with Crippen LogP contribution in [0.2, 0.25) is 0 Å². The molecule has 9 aromatic rings. The van der Waals surface area contributed by atoms with Gasteiger partial charge in [-0.25, -0.2) is 0 Å². The van der Waals surface area contributed by atoms with Crippen LogP contribution in [0.5, 0.6) is 0 Å². The molecule has 5 aromatic carbocycles. The predicted molar refractivity (Wildman–Crippen MR) is 189 cm³/mol. The molecule has 0 N–H and O–H groups in total. The van der Waals surface area contributed by atoms with Gasteiger partial charge in [0.25, 0.3) is 0 Å². The fraction of sp³-hybridized carbons (Fsp3) is 0. The molecule has 0 saturated carbocycles. The van der Waals surface area contributed by atoms with E-state index in [0.717, 1.165) is 0 Å². The zero-order valence-electron chi connectivity index (χ0n) is 22.2. The summed E-state index contributed by atoms with van der Waals surface area (Å²) in [4.78, 5) is 4.83. The molecule has 0 radical (unpaired) electrons. The van der Waals surface area contributed by atoms with Crippen molar-refractivity contribution in [2.45, 2.75) is 0 Å². The van der Waals surface area contributed by atoms with Crippen molar-refractivity contribution >= 4 is 120 Å². The molecular weight excluding hydrogens is 589 g/mol. The lowest BCUT2D eigenvalue weighted by atomic mass is 9.88. The van der Waals surface area contributed by atoms with Gasteiger partial charge in [0.2, 0.25) is 0 Å². The maximum atomic E-state index is 2.41. The fourth-order valence-corrected chi connectivity index (χ4v) is 9.49. The van der Waals surface area contributed by atoms with Gasteiger partial charge in [-0.15, -0.1) is 45.3 Å². The Balaban J connectivity index is 1.35. The van der Waals surface area contributed by atoms with Crippen LogP contribution in [0.15, 0.2) is 131 Å². The summed E-state index contributed by atoms with van der Waals surface area (Å²) in [5.41, 5.74) is 2.43. The van der Waals surface area contributed by atoms with Crippen molar-refractivity contribution in [1.82, 2.24) is 0 Å². The molecule has 0 amide bonds. The molecule has 6 heteroatoms. The zero-order valence-corrected chi connectivity index (χ0v) is 25.5. The van der Waals surface area contributed by atoms with Crippen molar-refractivity contribution < 1.29 is 0 Å². The molecule has 0 atom stereocenters. The molecule has 2 nitrogen and oxygen atoms in total. The molecule has 9 rings (SSSR count). The van der Waals surface area contributed by atoms with E-state index in [1.165, 1.54) is 74.5 Å². The van der Waals surface area contributed by atoms with Crippen LogP contribution >= 0.6 is 45.3 Å². The van der Waals surface area contributed by atoms with Gasteiger partial charge in [0, 0.05) is 10.8 Å². The number of hydrogen-bond acceptors (Lipinski definition) is 6. The first-order valence-electron chi connectivity index (χ1n) is 13.7. The van der Waals surface area contributed by atoms with E-state index < -0.39 is 0 Å². The Labute approximate surface area is 258 Å². The Morgan fingerprint density at radius 1 is 0.310 bits per heavy atom. The summed E-state index contributed by atoms with van der Waals surface area (Å²) in [5, 5.41) is 23.9. The second-order valence-corrected chi connectivity index (χ2v) is 13.9. The minimum atomic E-state index is 1.22. The highest BCUT2D eigenvalue weighted by Crippen LogP contribution is 2.50. The van der Waals surface area contributed by atoms with Gasteiger partial charge >= 0.3 is 0 Å². The summed E-state index contributed by atoms with van der Waals surface area (Å²) >= 11 is 7.11. The molecule has 0 aliphatic heterocycles. The van der Waals surface area contributed by atoms with Crippen LogP contribution in [-0.2, 0) is 0 Å². The van der Waals surface area contributed by atoms with E-state index in [9.17, 15) is 0 Å². The summed E-state index contributed by atoms with van der Waals surface area (Å²) in [5.74, 6) is 0. The van der Waals surface area contributed by atoms with Crippen LogP contribution in [0.4, 0.5) is 31.4 Å². The highest BCUT2D eigenvalue weighted by atomic mass is 32.1. The van der Waals surface area contributed by atoms with Crippen LogP contribution in [0.3, 0.4) is 0 Å². The van der Waals surface area contributed by atoms with Crippen LogP contribution in [0.1, 0.15) is 0 Å². The number of rotatable bonds is 6. The van der Waals surface area contributed by atoms with E-state index in [1.54, 1.807) is 45.3 Å². The number of anilines is 6. The number of thiophene rings is 4.